The van der Waals surface area contributed by atoms with E-state index in [1.807, 2.05) is 51.1 Å². The molecule has 2 amide bonds. The van der Waals surface area contributed by atoms with Crippen LogP contribution in [-0.2, 0) is 32.6 Å². The van der Waals surface area contributed by atoms with Gasteiger partial charge in [0.2, 0.25) is 11.8 Å². The van der Waals surface area contributed by atoms with Crippen LogP contribution in [0.25, 0.3) is 0 Å². The Kier molecular flexibility index (Phi) is 11.2. The van der Waals surface area contributed by atoms with Gasteiger partial charge in [-0.1, -0.05) is 89.4 Å². The Morgan fingerprint density at radius 2 is 1.38 bits per heavy atom. The molecular weight excluding hydrogens is 653 g/mol. The molecular formula is C34H34Cl3N3O4S. The van der Waals surface area contributed by atoms with Gasteiger partial charge in [-0.25, -0.2) is 8.42 Å². The molecule has 7 nitrogen and oxygen atoms in total. The highest BCUT2D eigenvalue weighted by atomic mass is 35.5. The summed E-state index contributed by atoms with van der Waals surface area (Å²) in [6.07, 6.45) is 0.173. The number of hydrogen-bond acceptors (Lipinski definition) is 4. The zero-order chi connectivity index (χ0) is 32.8. The number of nitrogens with one attached hydrogen (secondary N) is 1. The maximum absolute atomic E-state index is 14.5. The fraction of sp³-hybridized carbons (Fsp3) is 0.235. The van der Waals surface area contributed by atoms with Gasteiger partial charge in [0.1, 0.15) is 12.6 Å². The first-order chi connectivity index (χ1) is 21.2. The molecule has 0 radical (unpaired) electrons. The molecule has 4 aromatic carbocycles. The number of amides is 2. The van der Waals surface area contributed by atoms with Crippen molar-refractivity contribution in [1.29, 1.82) is 0 Å². The van der Waals surface area contributed by atoms with Crippen molar-refractivity contribution in [3.63, 3.8) is 0 Å². The predicted octanol–water partition coefficient (Wildman–Crippen LogP) is 7.40. The van der Waals surface area contributed by atoms with Crippen LogP contribution in [0.15, 0.2) is 108 Å². The fourth-order valence-corrected chi connectivity index (χ4v) is 6.73. The van der Waals surface area contributed by atoms with Crippen LogP contribution in [0.5, 0.6) is 0 Å². The van der Waals surface area contributed by atoms with E-state index in [9.17, 15) is 18.0 Å². The van der Waals surface area contributed by atoms with Crippen LogP contribution in [0.4, 0.5) is 5.69 Å². The van der Waals surface area contributed by atoms with Crippen LogP contribution in [0, 0.1) is 0 Å². The van der Waals surface area contributed by atoms with Crippen molar-refractivity contribution < 1.29 is 18.0 Å². The number of nitrogens with zero attached hydrogens (tertiary/aromatic N) is 2. The standard InChI is InChI=1S/C34H34Cl3N3O4S/c1-34(2,3)38-33(42)31(20-24-10-6-4-7-11-24)39(22-25-14-15-27(36)21-30(25)37)32(41)23-40(28-18-16-26(35)17-19-28)45(43,44)29-12-8-5-9-13-29/h4-19,21,31H,20,22-23H2,1-3H3,(H,38,42)/t31-/m1/s1. The summed E-state index contributed by atoms with van der Waals surface area (Å²) in [6, 6.07) is 27.2. The van der Waals surface area contributed by atoms with E-state index in [-0.39, 0.29) is 23.5 Å². The first kappa shape index (κ1) is 34.3. The maximum Gasteiger partial charge on any atom is 0.264 e. The second-order valence-electron chi connectivity index (χ2n) is 11.5. The summed E-state index contributed by atoms with van der Waals surface area (Å²) in [4.78, 5) is 29.8. The van der Waals surface area contributed by atoms with Gasteiger partial charge in [0, 0.05) is 33.6 Å². The van der Waals surface area contributed by atoms with Crippen molar-refractivity contribution in [2.45, 2.75) is 50.2 Å². The molecule has 1 atom stereocenters. The van der Waals surface area contributed by atoms with Gasteiger partial charge in [-0.15, -0.1) is 0 Å². The van der Waals surface area contributed by atoms with Gasteiger partial charge in [-0.3, -0.25) is 13.9 Å². The molecule has 45 heavy (non-hydrogen) atoms. The van der Waals surface area contributed by atoms with Crippen molar-refractivity contribution in [2.75, 3.05) is 10.8 Å². The first-order valence-corrected chi connectivity index (χ1v) is 16.7. The monoisotopic (exact) mass is 685 g/mol. The summed E-state index contributed by atoms with van der Waals surface area (Å²) in [7, 11) is -4.22. The van der Waals surface area contributed by atoms with Crippen molar-refractivity contribution in [3.8, 4) is 0 Å². The zero-order valence-corrected chi connectivity index (χ0v) is 28.2. The first-order valence-electron chi connectivity index (χ1n) is 14.2. The third kappa shape index (κ3) is 9.23. The molecule has 0 fully saturated rings. The molecule has 4 rings (SSSR count). The van der Waals surface area contributed by atoms with Gasteiger partial charge in [0.25, 0.3) is 10.0 Å². The summed E-state index contributed by atoms with van der Waals surface area (Å²) >= 11 is 18.8. The number of rotatable bonds is 11. The van der Waals surface area contributed by atoms with Crippen LogP contribution in [-0.4, -0.2) is 43.3 Å². The highest BCUT2D eigenvalue weighted by Gasteiger charge is 2.36. The molecule has 0 bridgehead atoms. The van der Waals surface area contributed by atoms with Crippen molar-refractivity contribution in [1.82, 2.24) is 10.2 Å². The van der Waals surface area contributed by atoms with E-state index >= 15 is 0 Å². The molecule has 0 saturated carbocycles. The number of benzene rings is 4. The predicted molar refractivity (Wildman–Crippen MR) is 181 cm³/mol. The van der Waals surface area contributed by atoms with E-state index in [0.29, 0.717) is 20.6 Å². The lowest BCUT2D eigenvalue weighted by Gasteiger charge is -2.35. The Morgan fingerprint density at radius 3 is 1.96 bits per heavy atom. The number of carbonyl (C=O) groups excluding carboxylic acids is 2. The Morgan fingerprint density at radius 1 is 0.800 bits per heavy atom. The zero-order valence-electron chi connectivity index (χ0n) is 25.1. The van der Waals surface area contributed by atoms with Crippen molar-refractivity contribution >= 4 is 62.3 Å². The van der Waals surface area contributed by atoms with Crippen molar-refractivity contribution in [2.24, 2.45) is 0 Å². The lowest BCUT2D eigenvalue weighted by atomic mass is 10.0. The number of anilines is 1. The molecule has 1 N–H and O–H groups in total. The Labute approximate surface area is 279 Å². The third-order valence-corrected chi connectivity index (χ3v) is 9.48. The molecule has 11 heteroatoms. The molecule has 0 aliphatic carbocycles. The summed E-state index contributed by atoms with van der Waals surface area (Å²) < 4.78 is 29.1. The Bertz CT molecular complexity index is 1730. The van der Waals surface area contributed by atoms with E-state index in [2.05, 4.69) is 5.32 Å². The number of sulfonamides is 1. The largest absolute Gasteiger partial charge is 0.350 e. The van der Waals surface area contributed by atoms with Gasteiger partial charge in [0.05, 0.1) is 10.6 Å². The minimum Gasteiger partial charge on any atom is -0.350 e. The smallest absolute Gasteiger partial charge is 0.264 e. The third-order valence-electron chi connectivity index (χ3n) is 6.85. The van der Waals surface area contributed by atoms with E-state index in [4.69, 9.17) is 34.8 Å². The summed E-state index contributed by atoms with van der Waals surface area (Å²) in [6.45, 7) is 4.87. The van der Waals surface area contributed by atoms with E-state index < -0.39 is 40.0 Å². The lowest BCUT2D eigenvalue weighted by Crippen LogP contribution is -2.56. The van der Waals surface area contributed by atoms with Crippen LogP contribution in [0.2, 0.25) is 15.1 Å². The second-order valence-corrected chi connectivity index (χ2v) is 14.6. The highest BCUT2D eigenvalue weighted by Crippen LogP contribution is 2.28. The van der Waals surface area contributed by atoms with Gasteiger partial charge in [0.15, 0.2) is 0 Å². The lowest BCUT2D eigenvalue weighted by molar-refractivity contribution is -0.140. The van der Waals surface area contributed by atoms with Gasteiger partial charge in [-0.2, -0.15) is 0 Å². The van der Waals surface area contributed by atoms with Gasteiger partial charge < -0.3 is 10.2 Å². The van der Waals surface area contributed by atoms with E-state index in [1.54, 1.807) is 48.5 Å². The van der Waals surface area contributed by atoms with Crippen LogP contribution >= 0.6 is 34.8 Å². The molecule has 4 aromatic rings. The Balaban J connectivity index is 1.83. The second kappa shape index (κ2) is 14.7. The molecule has 0 aromatic heterocycles. The summed E-state index contributed by atoms with van der Waals surface area (Å²) in [5.41, 5.74) is 0.989. The topological polar surface area (TPSA) is 86.8 Å². The molecule has 0 aliphatic heterocycles. The van der Waals surface area contributed by atoms with Crippen LogP contribution in [0.1, 0.15) is 31.9 Å². The summed E-state index contributed by atoms with van der Waals surface area (Å²) in [5, 5.41) is 4.12. The molecule has 236 valence electrons. The summed E-state index contributed by atoms with van der Waals surface area (Å²) in [5.74, 6) is -1.01. The normalized spacial score (nSPS) is 12.3. The van der Waals surface area contributed by atoms with E-state index in [1.165, 1.54) is 29.2 Å². The molecule has 0 heterocycles. The molecule has 0 saturated heterocycles. The number of carbonyl (C=O) groups is 2. The van der Waals surface area contributed by atoms with Crippen LogP contribution < -0.4 is 9.62 Å². The fourth-order valence-electron chi connectivity index (χ4n) is 4.70. The molecule has 0 aliphatic rings. The van der Waals surface area contributed by atoms with Gasteiger partial charge >= 0.3 is 0 Å². The van der Waals surface area contributed by atoms with Crippen molar-refractivity contribution in [3.05, 3.63) is 129 Å². The van der Waals surface area contributed by atoms with Gasteiger partial charge in [-0.05, 0) is 80.4 Å². The minimum absolute atomic E-state index is 0.00589. The number of halogens is 3. The number of hydrogen-bond donors (Lipinski definition) is 1. The quantitative estimate of drug-likeness (QED) is 0.178. The SMILES string of the molecule is CC(C)(C)NC(=O)[C@@H](Cc1ccccc1)N(Cc1ccc(Cl)cc1Cl)C(=O)CN(c1ccc(Cl)cc1)S(=O)(=O)c1ccccc1. The highest BCUT2D eigenvalue weighted by molar-refractivity contribution is 7.92. The van der Waals surface area contributed by atoms with E-state index in [0.717, 1.165) is 9.87 Å². The average molecular weight is 687 g/mol. The maximum atomic E-state index is 14.5. The van der Waals surface area contributed by atoms with Crippen LogP contribution in [0.3, 0.4) is 0 Å². The minimum atomic E-state index is -4.22. The molecule has 0 unspecified atom stereocenters. The Hall–Kier alpha value is -3.56. The molecule has 0 spiro atoms. The average Bonchev–Trinajstić information content (AvgIpc) is 2.99.